The summed E-state index contributed by atoms with van der Waals surface area (Å²) >= 11 is 0. The molecule has 0 spiro atoms. The van der Waals surface area contributed by atoms with Crippen molar-refractivity contribution < 1.29 is 4.79 Å². The molecule has 1 aliphatic heterocycles. The van der Waals surface area contributed by atoms with Gasteiger partial charge in [-0.1, -0.05) is 61.4 Å². The molecule has 1 N–H and O–H groups in total. The largest absolute Gasteiger partial charge is 0.353 e. The van der Waals surface area contributed by atoms with E-state index >= 15 is 0 Å². The summed E-state index contributed by atoms with van der Waals surface area (Å²) in [7, 11) is 0. The highest BCUT2D eigenvalue weighted by molar-refractivity contribution is 5.81. The second-order valence-electron chi connectivity index (χ2n) is 7.88. The fraction of sp³-hybridized carbons (Fsp3) is 0.375. The highest BCUT2D eigenvalue weighted by Crippen LogP contribution is 2.23. The van der Waals surface area contributed by atoms with Crippen LogP contribution in [0.3, 0.4) is 0 Å². The van der Waals surface area contributed by atoms with E-state index in [1.165, 1.54) is 35.9 Å². The zero-order valence-corrected chi connectivity index (χ0v) is 17.2. The van der Waals surface area contributed by atoms with Gasteiger partial charge in [0.25, 0.3) is 5.56 Å². The van der Waals surface area contributed by atoms with E-state index in [0.29, 0.717) is 11.9 Å². The molecule has 1 amide bonds. The van der Waals surface area contributed by atoms with Crippen molar-refractivity contribution >= 4 is 16.7 Å². The lowest BCUT2D eigenvalue weighted by atomic mass is 10.0. The molecule has 2 heterocycles. The zero-order chi connectivity index (χ0) is 20.8. The predicted octanol–water partition coefficient (Wildman–Crippen LogP) is 3.13. The number of nitrogens with one attached hydrogen (secondary N) is 1. The molecule has 4 rings (SSSR count). The molecule has 1 saturated heterocycles. The number of hydrogen-bond donors (Lipinski definition) is 1. The van der Waals surface area contributed by atoms with Gasteiger partial charge < -0.3 is 5.32 Å². The van der Waals surface area contributed by atoms with E-state index in [9.17, 15) is 9.59 Å². The number of aromatic nitrogens is 2. The van der Waals surface area contributed by atoms with Gasteiger partial charge in [0.2, 0.25) is 5.91 Å². The number of likely N-dealkylation sites (tertiary alicyclic amines) is 1. The van der Waals surface area contributed by atoms with Crippen LogP contribution in [0.15, 0.2) is 65.6 Å². The van der Waals surface area contributed by atoms with E-state index in [-0.39, 0.29) is 24.1 Å². The highest BCUT2D eigenvalue weighted by Gasteiger charge is 2.22. The quantitative estimate of drug-likeness (QED) is 0.685. The molecular formula is C24H28N4O2. The number of nitrogens with zero attached hydrogens (tertiary/aromatic N) is 3. The molecule has 0 aliphatic carbocycles. The maximum absolute atomic E-state index is 12.7. The molecule has 1 fully saturated rings. The van der Waals surface area contributed by atoms with Crippen LogP contribution >= 0.6 is 0 Å². The Balaban J connectivity index is 1.46. The molecule has 0 bridgehead atoms. The molecule has 1 unspecified atom stereocenters. The van der Waals surface area contributed by atoms with E-state index in [1.807, 2.05) is 36.4 Å². The fourth-order valence-electron chi connectivity index (χ4n) is 4.18. The van der Waals surface area contributed by atoms with Crippen LogP contribution in [0.25, 0.3) is 10.8 Å². The van der Waals surface area contributed by atoms with Gasteiger partial charge in [-0.05, 0) is 37.6 Å². The van der Waals surface area contributed by atoms with Crippen molar-refractivity contribution in [2.45, 2.75) is 38.3 Å². The second kappa shape index (κ2) is 9.67. The summed E-state index contributed by atoms with van der Waals surface area (Å²) in [6.45, 7) is 2.53. The van der Waals surface area contributed by atoms with Gasteiger partial charge in [-0.15, -0.1) is 0 Å². The Bertz CT molecular complexity index is 1040. The Morgan fingerprint density at radius 1 is 0.967 bits per heavy atom. The lowest BCUT2D eigenvalue weighted by Crippen LogP contribution is -2.40. The van der Waals surface area contributed by atoms with E-state index in [4.69, 9.17) is 0 Å². The Kier molecular flexibility index (Phi) is 6.54. The van der Waals surface area contributed by atoms with E-state index < -0.39 is 0 Å². The number of carbonyl (C=O) groups is 1. The first kappa shape index (κ1) is 20.3. The number of carbonyl (C=O) groups excluding carboxylic acids is 1. The van der Waals surface area contributed by atoms with Gasteiger partial charge >= 0.3 is 0 Å². The van der Waals surface area contributed by atoms with Crippen LogP contribution in [0.5, 0.6) is 0 Å². The lowest BCUT2D eigenvalue weighted by molar-refractivity contribution is -0.122. The SMILES string of the molecule is O=C(Cn1ncc2ccccc2c1=O)NCC(c1ccccc1)N1CCCCCC1. The van der Waals surface area contributed by atoms with E-state index in [0.717, 1.165) is 18.5 Å². The standard InChI is InChI=1S/C24H28N4O2/c29-23(18-28-24(30)21-13-7-6-12-20(21)16-26-28)25-17-22(19-10-4-3-5-11-19)27-14-8-1-2-9-15-27/h3-7,10-13,16,22H,1-2,8-9,14-15,17-18H2,(H,25,29). The van der Waals surface area contributed by atoms with Gasteiger partial charge in [0.15, 0.2) is 0 Å². The number of fused-ring (bicyclic) bond motifs is 1. The average molecular weight is 405 g/mol. The number of amides is 1. The maximum atomic E-state index is 12.7. The second-order valence-corrected chi connectivity index (χ2v) is 7.88. The fourth-order valence-corrected chi connectivity index (χ4v) is 4.18. The monoisotopic (exact) mass is 404 g/mol. The van der Waals surface area contributed by atoms with Crippen LogP contribution in [-0.2, 0) is 11.3 Å². The molecule has 6 heteroatoms. The molecule has 0 saturated carbocycles. The summed E-state index contributed by atoms with van der Waals surface area (Å²) in [5.41, 5.74) is 0.969. The summed E-state index contributed by atoms with van der Waals surface area (Å²) in [4.78, 5) is 27.8. The Morgan fingerprint density at radius 3 is 2.43 bits per heavy atom. The lowest BCUT2D eigenvalue weighted by Gasteiger charge is -2.31. The van der Waals surface area contributed by atoms with Crippen LogP contribution in [-0.4, -0.2) is 40.2 Å². The van der Waals surface area contributed by atoms with Crippen LogP contribution in [0, 0.1) is 0 Å². The van der Waals surface area contributed by atoms with Gasteiger partial charge in [-0.3, -0.25) is 14.5 Å². The molecule has 30 heavy (non-hydrogen) atoms. The molecule has 6 nitrogen and oxygen atoms in total. The molecular weight excluding hydrogens is 376 g/mol. The first-order valence-corrected chi connectivity index (χ1v) is 10.7. The van der Waals surface area contributed by atoms with Crippen LogP contribution in [0.4, 0.5) is 0 Å². The van der Waals surface area contributed by atoms with Crippen molar-refractivity contribution in [3.8, 4) is 0 Å². The summed E-state index contributed by atoms with van der Waals surface area (Å²) in [5.74, 6) is -0.198. The van der Waals surface area contributed by atoms with Crippen molar-refractivity contribution in [3.63, 3.8) is 0 Å². The van der Waals surface area contributed by atoms with E-state index in [1.54, 1.807) is 12.3 Å². The van der Waals surface area contributed by atoms with Crippen molar-refractivity contribution in [3.05, 3.63) is 76.7 Å². The minimum Gasteiger partial charge on any atom is -0.353 e. The first-order valence-electron chi connectivity index (χ1n) is 10.7. The van der Waals surface area contributed by atoms with Crippen molar-refractivity contribution in [1.82, 2.24) is 20.0 Å². The van der Waals surface area contributed by atoms with Crippen molar-refractivity contribution in [2.75, 3.05) is 19.6 Å². The van der Waals surface area contributed by atoms with Crippen LogP contribution in [0.2, 0.25) is 0 Å². The number of benzene rings is 2. The molecule has 0 radical (unpaired) electrons. The van der Waals surface area contributed by atoms with Crippen LogP contribution in [0.1, 0.15) is 37.3 Å². The average Bonchev–Trinajstić information content (AvgIpc) is 3.06. The van der Waals surface area contributed by atoms with Crippen molar-refractivity contribution in [2.24, 2.45) is 0 Å². The third-order valence-electron chi connectivity index (χ3n) is 5.81. The molecule has 3 aromatic rings. The van der Waals surface area contributed by atoms with Crippen molar-refractivity contribution in [1.29, 1.82) is 0 Å². The summed E-state index contributed by atoms with van der Waals surface area (Å²) < 4.78 is 1.24. The molecule has 156 valence electrons. The third kappa shape index (κ3) is 4.76. The third-order valence-corrected chi connectivity index (χ3v) is 5.81. The molecule has 1 aromatic heterocycles. The molecule has 1 aliphatic rings. The Hall–Kier alpha value is -2.99. The van der Waals surface area contributed by atoms with Crippen LogP contribution < -0.4 is 10.9 Å². The summed E-state index contributed by atoms with van der Waals surface area (Å²) in [5, 5.41) is 8.57. The predicted molar refractivity (Wildman–Crippen MR) is 118 cm³/mol. The summed E-state index contributed by atoms with van der Waals surface area (Å²) in [6.07, 6.45) is 6.54. The zero-order valence-electron chi connectivity index (χ0n) is 17.2. The number of rotatable bonds is 6. The normalized spacial score (nSPS) is 16.1. The van der Waals surface area contributed by atoms with Gasteiger partial charge in [0, 0.05) is 11.9 Å². The molecule has 2 aromatic carbocycles. The van der Waals surface area contributed by atoms with Gasteiger partial charge in [0.05, 0.1) is 17.6 Å². The minimum atomic E-state index is -0.240. The topological polar surface area (TPSA) is 67.2 Å². The molecule has 1 atom stereocenters. The van der Waals surface area contributed by atoms with E-state index in [2.05, 4.69) is 27.4 Å². The maximum Gasteiger partial charge on any atom is 0.275 e. The minimum absolute atomic E-state index is 0.0782. The Morgan fingerprint density at radius 2 is 1.67 bits per heavy atom. The first-order chi connectivity index (χ1) is 14.7. The smallest absolute Gasteiger partial charge is 0.275 e. The van der Waals surface area contributed by atoms with Gasteiger partial charge in [0.1, 0.15) is 6.54 Å². The number of hydrogen-bond acceptors (Lipinski definition) is 4. The summed E-state index contributed by atoms with van der Waals surface area (Å²) in [6, 6.07) is 17.8. The van der Waals surface area contributed by atoms with Gasteiger partial charge in [-0.2, -0.15) is 5.10 Å². The van der Waals surface area contributed by atoms with Gasteiger partial charge in [-0.25, -0.2) is 4.68 Å². The Labute approximate surface area is 176 Å². The highest BCUT2D eigenvalue weighted by atomic mass is 16.2.